The number of aliphatic carboxylic acids is 1. The Bertz CT molecular complexity index is 1090. The molecule has 0 spiro atoms. The number of allylic oxidation sites excluding steroid dienone is 5. The Morgan fingerprint density at radius 1 is 1.10 bits per heavy atom. The fraction of sp³-hybridized carbons (Fsp3) is 0.115. The van der Waals surface area contributed by atoms with Crippen LogP contribution in [0, 0.1) is 0 Å². The average molecular weight is 396 g/mol. The molecule has 0 aromatic heterocycles. The maximum absolute atomic E-state index is 10.8. The monoisotopic (exact) mass is 396 g/mol. The number of rotatable bonds is 6. The molecule has 0 saturated heterocycles. The van der Waals surface area contributed by atoms with Crippen LogP contribution in [0.2, 0.25) is 0 Å². The Morgan fingerprint density at radius 3 is 2.57 bits per heavy atom. The minimum absolute atomic E-state index is 0.790. The highest BCUT2D eigenvalue weighted by Crippen LogP contribution is 2.37. The summed E-state index contributed by atoms with van der Waals surface area (Å²) < 4.78 is 0. The molecule has 0 aliphatic carbocycles. The minimum atomic E-state index is -0.947. The number of carboxylic acids is 1. The van der Waals surface area contributed by atoms with Crippen molar-refractivity contribution in [3.63, 3.8) is 0 Å². The highest BCUT2D eigenvalue weighted by atomic mass is 16.4. The maximum atomic E-state index is 10.8. The van der Waals surface area contributed by atoms with E-state index >= 15 is 0 Å². The number of nitrogens with one attached hydrogen (secondary N) is 1. The molecule has 2 N–H and O–H groups in total. The summed E-state index contributed by atoms with van der Waals surface area (Å²) in [6.07, 6.45) is 12.2. The Balaban J connectivity index is 1.83. The van der Waals surface area contributed by atoms with Crippen LogP contribution in [0.4, 0.5) is 0 Å². The van der Waals surface area contributed by atoms with Crippen LogP contribution >= 0.6 is 0 Å². The minimum Gasteiger partial charge on any atom is -0.478 e. The lowest BCUT2D eigenvalue weighted by molar-refractivity contribution is -0.131. The summed E-state index contributed by atoms with van der Waals surface area (Å²) in [7, 11) is 0. The Hall–Kier alpha value is -3.79. The predicted octanol–water partition coefficient (Wildman–Crippen LogP) is 5.26. The second kappa shape index (κ2) is 8.70. The predicted molar refractivity (Wildman–Crippen MR) is 122 cm³/mol. The van der Waals surface area contributed by atoms with Crippen molar-refractivity contribution in [3.05, 3.63) is 113 Å². The van der Waals surface area contributed by atoms with Gasteiger partial charge in [-0.3, -0.25) is 0 Å². The van der Waals surface area contributed by atoms with Gasteiger partial charge in [-0.1, -0.05) is 61.5 Å². The smallest absolute Gasteiger partial charge is 0.328 e. The molecule has 4 heteroatoms. The first-order valence-corrected chi connectivity index (χ1v) is 10.1. The highest BCUT2D eigenvalue weighted by Gasteiger charge is 2.19. The molecule has 0 amide bonds. The van der Waals surface area contributed by atoms with Crippen LogP contribution in [0.1, 0.15) is 30.0 Å². The zero-order chi connectivity index (χ0) is 20.9. The van der Waals surface area contributed by atoms with E-state index in [0.717, 1.165) is 41.6 Å². The number of carboxylic acid groups (broad SMARTS) is 1. The summed E-state index contributed by atoms with van der Waals surface area (Å²) in [5.74, 6) is -0.947. The molecule has 0 radical (unpaired) electrons. The van der Waals surface area contributed by atoms with E-state index in [2.05, 4.69) is 71.9 Å². The molecule has 0 unspecified atom stereocenters. The lowest BCUT2D eigenvalue weighted by atomic mass is 9.86. The van der Waals surface area contributed by atoms with Gasteiger partial charge in [-0.05, 0) is 58.1 Å². The van der Waals surface area contributed by atoms with Crippen molar-refractivity contribution < 1.29 is 9.90 Å². The molecule has 2 aliphatic rings. The Kier molecular flexibility index (Phi) is 5.66. The Morgan fingerprint density at radius 2 is 1.87 bits per heavy atom. The van der Waals surface area contributed by atoms with Gasteiger partial charge in [0.25, 0.3) is 0 Å². The molecule has 2 aliphatic heterocycles. The van der Waals surface area contributed by atoms with Crippen molar-refractivity contribution in [3.8, 4) is 0 Å². The molecule has 0 atom stereocenters. The normalized spacial score (nSPS) is 16.0. The standard InChI is InChI=1S/C26H24N2O2/c1-2-24(20-6-4-3-5-7-20)26(22-14-15-28-18-27-17-23(28)16-22)21-11-8-19(9-12-21)10-13-25(29)30/h3-17,27H,2,18H2,1H3,(H,29,30)/b13-10+,26-24+. The summed E-state index contributed by atoms with van der Waals surface area (Å²) in [6.45, 7) is 2.97. The summed E-state index contributed by atoms with van der Waals surface area (Å²) >= 11 is 0. The van der Waals surface area contributed by atoms with E-state index in [1.165, 1.54) is 16.7 Å². The van der Waals surface area contributed by atoms with Crippen molar-refractivity contribution in [2.45, 2.75) is 13.3 Å². The van der Waals surface area contributed by atoms with E-state index in [9.17, 15) is 4.79 Å². The van der Waals surface area contributed by atoms with Gasteiger partial charge in [-0.25, -0.2) is 4.79 Å². The fourth-order valence-corrected chi connectivity index (χ4v) is 3.83. The summed E-state index contributed by atoms with van der Waals surface area (Å²) in [4.78, 5) is 13.0. The third kappa shape index (κ3) is 4.13. The number of hydrogen-bond donors (Lipinski definition) is 2. The van der Waals surface area contributed by atoms with Gasteiger partial charge in [-0.15, -0.1) is 0 Å². The van der Waals surface area contributed by atoms with Crippen LogP contribution in [0.5, 0.6) is 0 Å². The van der Waals surface area contributed by atoms with Gasteiger partial charge in [0.15, 0.2) is 0 Å². The van der Waals surface area contributed by atoms with Crippen molar-refractivity contribution in [2.24, 2.45) is 0 Å². The molecule has 0 fully saturated rings. The quantitative estimate of drug-likeness (QED) is 0.516. The van der Waals surface area contributed by atoms with Gasteiger partial charge >= 0.3 is 5.97 Å². The fourth-order valence-electron chi connectivity index (χ4n) is 3.83. The van der Waals surface area contributed by atoms with E-state index in [0.29, 0.717) is 0 Å². The van der Waals surface area contributed by atoms with E-state index in [4.69, 9.17) is 5.11 Å². The zero-order valence-corrected chi connectivity index (χ0v) is 16.9. The van der Waals surface area contributed by atoms with E-state index in [1.807, 2.05) is 24.4 Å². The second-order valence-corrected chi connectivity index (χ2v) is 7.18. The number of fused-ring (bicyclic) bond motifs is 1. The number of benzene rings is 2. The topological polar surface area (TPSA) is 52.6 Å². The maximum Gasteiger partial charge on any atom is 0.328 e. The lowest BCUT2D eigenvalue weighted by Crippen LogP contribution is -2.19. The molecule has 2 heterocycles. The van der Waals surface area contributed by atoms with Gasteiger partial charge in [0.2, 0.25) is 0 Å². The van der Waals surface area contributed by atoms with Gasteiger partial charge in [0.05, 0.1) is 12.4 Å². The van der Waals surface area contributed by atoms with Gasteiger partial charge in [0.1, 0.15) is 0 Å². The van der Waals surface area contributed by atoms with Crippen LogP contribution in [-0.4, -0.2) is 22.6 Å². The van der Waals surface area contributed by atoms with Crippen molar-refractivity contribution in [1.29, 1.82) is 0 Å². The van der Waals surface area contributed by atoms with E-state index < -0.39 is 5.97 Å². The number of carbonyl (C=O) groups is 1. The third-order valence-corrected chi connectivity index (χ3v) is 5.26. The molecule has 0 bridgehead atoms. The zero-order valence-electron chi connectivity index (χ0n) is 16.9. The van der Waals surface area contributed by atoms with E-state index in [1.54, 1.807) is 6.08 Å². The van der Waals surface area contributed by atoms with Crippen molar-refractivity contribution in [2.75, 3.05) is 6.67 Å². The first kappa shape index (κ1) is 19.5. The lowest BCUT2D eigenvalue weighted by Gasteiger charge is -2.23. The van der Waals surface area contributed by atoms with Crippen LogP contribution in [0.15, 0.2) is 96.5 Å². The third-order valence-electron chi connectivity index (χ3n) is 5.26. The molecule has 4 rings (SSSR count). The molecule has 30 heavy (non-hydrogen) atoms. The van der Waals surface area contributed by atoms with Crippen LogP contribution in [0.25, 0.3) is 17.2 Å². The van der Waals surface area contributed by atoms with Gasteiger partial charge in [-0.2, -0.15) is 0 Å². The summed E-state index contributed by atoms with van der Waals surface area (Å²) in [6, 6.07) is 18.5. The molecule has 4 nitrogen and oxygen atoms in total. The van der Waals surface area contributed by atoms with Crippen LogP contribution in [-0.2, 0) is 4.79 Å². The molecular formula is C26H24N2O2. The Labute approximate surface area is 176 Å². The highest BCUT2D eigenvalue weighted by molar-refractivity contribution is 6.00. The SMILES string of the molecule is CC/C(=C(\C1=CC2=CNCN2C=C1)c1ccc(/C=C/C(=O)O)cc1)c1ccccc1. The molecular weight excluding hydrogens is 372 g/mol. The van der Waals surface area contributed by atoms with Crippen LogP contribution < -0.4 is 5.32 Å². The molecule has 0 saturated carbocycles. The van der Waals surface area contributed by atoms with E-state index in [-0.39, 0.29) is 0 Å². The van der Waals surface area contributed by atoms with Crippen molar-refractivity contribution in [1.82, 2.24) is 10.2 Å². The molecule has 2 aromatic rings. The first-order valence-electron chi connectivity index (χ1n) is 10.1. The second-order valence-electron chi connectivity index (χ2n) is 7.18. The van der Waals surface area contributed by atoms with Gasteiger partial charge in [0, 0.05) is 18.5 Å². The number of nitrogens with zero attached hydrogens (tertiary/aromatic N) is 1. The first-order chi connectivity index (χ1) is 14.7. The molecule has 2 aromatic carbocycles. The van der Waals surface area contributed by atoms with Gasteiger partial charge < -0.3 is 15.3 Å². The summed E-state index contributed by atoms with van der Waals surface area (Å²) in [5.41, 5.74) is 7.96. The molecule has 150 valence electrons. The van der Waals surface area contributed by atoms with Crippen LogP contribution in [0.3, 0.4) is 0 Å². The van der Waals surface area contributed by atoms with Crippen molar-refractivity contribution >= 4 is 23.2 Å². The average Bonchev–Trinajstić information content (AvgIpc) is 3.25. The summed E-state index contributed by atoms with van der Waals surface area (Å²) in [5, 5.41) is 12.1. The number of hydrogen-bond acceptors (Lipinski definition) is 3. The largest absolute Gasteiger partial charge is 0.478 e.